The Morgan fingerprint density at radius 1 is 1.00 bits per heavy atom. The molecule has 2 heterocycles. The number of benzene rings is 3. The highest BCUT2D eigenvalue weighted by Gasteiger charge is 2.35. The molecular weight excluding hydrogens is 794 g/mol. The van der Waals surface area contributed by atoms with Crippen molar-refractivity contribution in [1.82, 2.24) is 4.57 Å². The van der Waals surface area contributed by atoms with Crippen LogP contribution in [0.4, 0.5) is 0 Å². The van der Waals surface area contributed by atoms with E-state index in [1.165, 1.54) is 11.3 Å². The highest BCUT2D eigenvalue weighted by atomic mass is 127. The van der Waals surface area contributed by atoms with Crippen molar-refractivity contribution in [1.29, 1.82) is 0 Å². The van der Waals surface area contributed by atoms with E-state index in [0.717, 1.165) is 18.3 Å². The van der Waals surface area contributed by atoms with E-state index in [9.17, 15) is 9.59 Å². The van der Waals surface area contributed by atoms with E-state index >= 15 is 0 Å². The fourth-order valence-electron chi connectivity index (χ4n) is 4.90. The fraction of sp³-hybridized carbons (Fsp3) is 0.219. The van der Waals surface area contributed by atoms with Gasteiger partial charge in [-0.25, -0.2) is 9.79 Å². The molecule has 0 fully saturated rings. The van der Waals surface area contributed by atoms with Gasteiger partial charge < -0.3 is 18.9 Å². The number of carbonyl (C=O) groups is 1. The Morgan fingerprint density at radius 3 is 2.42 bits per heavy atom. The van der Waals surface area contributed by atoms with Crippen LogP contribution in [0.2, 0.25) is 0 Å². The number of carbonyl (C=O) groups excluding carboxylic acids is 1. The average Bonchev–Trinajstić information content (AvgIpc) is 3.32. The molecule has 1 aromatic heterocycles. The first-order chi connectivity index (χ1) is 20.8. The van der Waals surface area contributed by atoms with Gasteiger partial charge in [0.25, 0.3) is 5.56 Å². The number of methoxy groups -OCH3 is 2. The van der Waals surface area contributed by atoms with Crippen molar-refractivity contribution in [3.05, 3.63) is 110 Å². The standard InChI is InChI=1S/C32H28I2N2O6S/c1-5-41-29-20(14-21(33)17-22(29)34)16-25-30(37)36-28(19-12-13-23(39-3)24(15-19)40-4)26(31(38)42-6-2)27(35-32(36)43-25)18-10-8-7-9-11-18/h7-17,28H,5-6H2,1-4H3/b25-16-/t28-/m0/s1. The summed E-state index contributed by atoms with van der Waals surface area (Å²) in [6, 6.07) is 18.0. The number of halogens is 2. The Bertz CT molecular complexity index is 1900. The highest BCUT2D eigenvalue weighted by Crippen LogP contribution is 2.38. The minimum atomic E-state index is -0.838. The van der Waals surface area contributed by atoms with Gasteiger partial charge in [0.05, 0.1) is 52.8 Å². The summed E-state index contributed by atoms with van der Waals surface area (Å²) < 4.78 is 26.6. The molecule has 0 amide bonds. The Hall–Kier alpha value is -3.17. The lowest BCUT2D eigenvalue weighted by Gasteiger charge is -2.26. The van der Waals surface area contributed by atoms with E-state index in [2.05, 4.69) is 45.2 Å². The van der Waals surface area contributed by atoms with Crippen molar-refractivity contribution in [3.8, 4) is 17.2 Å². The van der Waals surface area contributed by atoms with Crippen LogP contribution in [-0.4, -0.2) is 38.0 Å². The van der Waals surface area contributed by atoms with Gasteiger partial charge in [-0.2, -0.15) is 0 Å². The summed E-state index contributed by atoms with van der Waals surface area (Å²) in [7, 11) is 3.10. The number of thiazole rings is 1. The molecule has 1 aliphatic rings. The Balaban J connectivity index is 1.85. The second-order valence-electron chi connectivity index (χ2n) is 9.28. The van der Waals surface area contributed by atoms with Gasteiger partial charge in [-0.1, -0.05) is 47.7 Å². The third kappa shape index (κ3) is 6.25. The number of esters is 1. The van der Waals surface area contributed by atoms with Crippen LogP contribution in [0.25, 0.3) is 11.8 Å². The van der Waals surface area contributed by atoms with Crippen LogP contribution in [-0.2, 0) is 9.53 Å². The number of aromatic nitrogens is 1. The van der Waals surface area contributed by atoms with Gasteiger partial charge in [0, 0.05) is 14.7 Å². The fourth-order valence-corrected chi connectivity index (χ4v) is 7.94. The van der Waals surface area contributed by atoms with E-state index in [4.69, 9.17) is 23.9 Å². The molecule has 5 rings (SSSR count). The minimum absolute atomic E-state index is 0.166. The van der Waals surface area contributed by atoms with Crippen molar-refractivity contribution in [2.24, 2.45) is 4.99 Å². The van der Waals surface area contributed by atoms with Crippen LogP contribution in [0.1, 0.15) is 36.6 Å². The molecule has 0 spiro atoms. The summed E-state index contributed by atoms with van der Waals surface area (Å²) in [4.78, 5) is 33.4. The normalized spacial score (nSPS) is 14.7. The maximum atomic E-state index is 14.3. The number of ether oxygens (including phenoxy) is 4. The summed E-state index contributed by atoms with van der Waals surface area (Å²) >= 11 is 5.76. The molecule has 4 aromatic rings. The van der Waals surface area contributed by atoms with Gasteiger partial charge >= 0.3 is 5.97 Å². The summed E-state index contributed by atoms with van der Waals surface area (Å²) in [5.74, 6) is 1.16. The van der Waals surface area contributed by atoms with Crippen LogP contribution >= 0.6 is 56.5 Å². The lowest BCUT2D eigenvalue weighted by molar-refractivity contribution is -0.138. The second kappa shape index (κ2) is 13.6. The van der Waals surface area contributed by atoms with Crippen molar-refractivity contribution >= 4 is 74.3 Å². The number of fused-ring (bicyclic) bond motifs is 1. The Labute approximate surface area is 279 Å². The van der Waals surface area contributed by atoms with Crippen LogP contribution in [0.5, 0.6) is 17.2 Å². The van der Waals surface area contributed by atoms with Gasteiger partial charge in [-0.15, -0.1) is 0 Å². The van der Waals surface area contributed by atoms with E-state index in [-0.39, 0.29) is 17.7 Å². The van der Waals surface area contributed by atoms with Crippen LogP contribution in [0, 0.1) is 7.14 Å². The third-order valence-corrected chi connectivity index (χ3v) is 9.12. The molecule has 0 saturated heterocycles. The first-order valence-corrected chi connectivity index (χ1v) is 16.4. The zero-order valence-electron chi connectivity index (χ0n) is 23.9. The Morgan fingerprint density at radius 2 is 1.74 bits per heavy atom. The lowest BCUT2D eigenvalue weighted by atomic mass is 9.93. The molecule has 43 heavy (non-hydrogen) atoms. The third-order valence-electron chi connectivity index (χ3n) is 6.71. The van der Waals surface area contributed by atoms with Gasteiger partial charge in [-0.05, 0) is 94.9 Å². The number of hydrogen-bond donors (Lipinski definition) is 0. The molecular formula is C32H28I2N2O6S. The predicted octanol–water partition coefficient (Wildman–Crippen LogP) is 5.56. The lowest BCUT2D eigenvalue weighted by Crippen LogP contribution is -2.40. The molecule has 0 saturated carbocycles. The topological polar surface area (TPSA) is 88.4 Å². The van der Waals surface area contributed by atoms with Crippen molar-refractivity contribution in [2.45, 2.75) is 19.9 Å². The van der Waals surface area contributed by atoms with Gasteiger partial charge in [-0.3, -0.25) is 9.36 Å². The first kappa shape index (κ1) is 31.3. The van der Waals surface area contributed by atoms with Gasteiger partial charge in [0.2, 0.25) is 0 Å². The van der Waals surface area contributed by atoms with Gasteiger partial charge in [0.15, 0.2) is 16.3 Å². The van der Waals surface area contributed by atoms with E-state index < -0.39 is 12.0 Å². The molecule has 0 N–H and O–H groups in total. The molecule has 222 valence electrons. The van der Waals surface area contributed by atoms with Crippen molar-refractivity contribution < 1.29 is 23.7 Å². The summed E-state index contributed by atoms with van der Waals surface area (Å²) in [5, 5.41) is 0. The number of rotatable bonds is 9. The molecule has 8 nitrogen and oxygen atoms in total. The second-order valence-corrected chi connectivity index (χ2v) is 12.7. The minimum Gasteiger partial charge on any atom is -0.493 e. The molecule has 0 unspecified atom stereocenters. The van der Waals surface area contributed by atoms with Crippen LogP contribution in [0.15, 0.2) is 76.0 Å². The monoisotopic (exact) mass is 822 g/mol. The number of hydrogen-bond acceptors (Lipinski definition) is 8. The molecule has 0 radical (unpaired) electrons. The highest BCUT2D eigenvalue weighted by molar-refractivity contribution is 14.1. The molecule has 0 bridgehead atoms. The average molecular weight is 822 g/mol. The SMILES string of the molecule is CCOC(=O)C1=C(c2ccccc2)N=c2s/c(=C\c3cc(I)cc(I)c3OCC)c(=O)n2[C@H]1c1ccc(OC)c(OC)c1. The number of nitrogens with zero attached hydrogens (tertiary/aromatic N) is 2. The van der Waals surface area contributed by atoms with E-state index in [1.807, 2.05) is 61.5 Å². The quantitative estimate of drug-likeness (QED) is 0.163. The maximum Gasteiger partial charge on any atom is 0.338 e. The smallest absolute Gasteiger partial charge is 0.338 e. The summed E-state index contributed by atoms with van der Waals surface area (Å²) in [5.41, 5.74) is 2.60. The molecule has 1 aliphatic heterocycles. The van der Waals surface area contributed by atoms with E-state index in [1.54, 1.807) is 37.8 Å². The largest absolute Gasteiger partial charge is 0.493 e. The zero-order valence-corrected chi connectivity index (χ0v) is 29.0. The predicted molar refractivity (Wildman–Crippen MR) is 184 cm³/mol. The molecule has 0 aliphatic carbocycles. The summed E-state index contributed by atoms with van der Waals surface area (Å²) in [6.45, 7) is 4.33. The van der Waals surface area contributed by atoms with Crippen LogP contribution in [0.3, 0.4) is 0 Å². The van der Waals surface area contributed by atoms with E-state index in [0.29, 0.717) is 44.4 Å². The molecule has 11 heteroatoms. The van der Waals surface area contributed by atoms with Crippen molar-refractivity contribution in [3.63, 3.8) is 0 Å². The van der Waals surface area contributed by atoms with Crippen LogP contribution < -0.4 is 29.1 Å². The maximum absolute atomic E-state index is 14.3. The summed E-state index contributed by atoms with van der Waals surface area (Å²) in [6.07, 6.45) is 1.83. The Kier molecular flexibility index (Phi) is 9.92. The molecule has 3 aromatic carbocycles. The zero-order chi connectivity index (χ0) is 30.7. The van der Waals surface area contributed by atoms with Crippen molar-refractivity contribution in [2.75, 3.05) is 27.4 Å². The van der Waals surface area contributed by atoms with Gasteiger partial charge in [0.1, 0.15) is 5.75 Å². The molecule has 1 atom stereocenters. The first-order valence-electron chi connectivity index (χ1n) is 13.4.